The minimum Gasteiger partial charge on any atom is -0.497 e. The highest BCUT2D eigenvalue weighted by Gasteiger charge is 2.42. The van der Waals surface area contributed by atoms with Crippen molar-refractivity contribution in [3.63, 3.8) is 0 Å². The summed E-state index contributed by atoms with van der Waals surface area (Å²) in [5.74, 6) is 0.518. The van der Waals surface area contributed by atoms with Crippen LogP contribution >= 0.6 is 0 Å². The largest absolute Gasteiger partial charge is 0.497 e. The van der Waals surface area contributed by atoms with Gasteiger partial charge in [0, 0.05) is 6.54 Å². The van der Waals surface area contributed by atoms with Crippen LogP contribution in [-0.2, 0) is 0 Å². The quantitative estimate of drug-likeness (QED) is 0.663. The van der Waals surface area contributed by atoms with E-state index in [1.807, 2.05) is 37.3 Å². The molecule has 3 aromatic rings. The standard InChI is InChI=1S/C22H19NO4/c1-4-11-23-19(14-6-8-15(26-3)9-7-14)18-20(24)16-12-13(2)5-10-17(16)27-21(18)22(23)25/h4-10,12,19H,1,11H2,2-3H3/t19-/m0/s1. The molecular formula is C22H19NO4. The highest BCUT2D eigenvalue weighted by atomic mass is 16.5. The highest BCUT2D eigenvalue weighted by molar-refractivity contribution is 5.99. The van der Waals surface area contributed by atoms with Gasteiger partial charge in [-0.3, -0.25) is 9.59 Å². The molecule has 136 valence electrons. The Morgan fingerprint density at radius 2 is 1.93 bits per heavy atom. The van der Waals surface area contributed by atoms with Crippen LogP contribution in [0.4, 0.5) is 0 Å². The Morgan fingerprint density at radius 3 is 2.59 bits per heavy atom. The molecule has 0 saturated heterocycles. The van der Waals surface area contributed by atoms with E-state index >= 15 is 0 Å². The number of carbonyl (C=O) groups excluding carboxylic acids is 1. The number of benzene rings is 2. The number of fused-ring (bicyclic) bond motifs is 2. The predicted molar refractivity (Wildman–Crippen MR) is 103 cm³/mol. The van der Waals surface area contributed by atoms with Crippen molar-refractivity contribution in [3.05, 3.63) is 87.8 Å². The second-order valence-corrected chi connectivity index (χ2v) is 6.60. The lowest BCUT2D eigenvalue weighted by molar-refractivity contribution is 0.0748. The minimum absolute atomic E-state index is 0.110. The Balaban J connectivity index is 1.98. The smallest absolute Gasteiger partial charge is 0.291 e. The van der Waals surface area contributed by atoms with Crippen LogP contribution in [-0.4, -0.2) is 24.5 Å². The molecule has 1 aromatic heterocycles. The van der Waals surface area contributed by atoms with Crippen LogP contribution in [0.25, 0.3) is 11.0 Å². The summed E-state index contributed by atoms with van der Waals surface area (Å²) < 4.78 is 11.1. The Kier molecular flexibility index (Phi) is 4.07. The van der Waals surface area contributed by atoms with Crippen LogP contribution in [0.3, 0.4) is 0 Å². The summed E-state index contributed by atoms with van der Waals surface area (Å²) in [6.45, 7) is 5.98. The summed E-state index contributed by atoms with van der Waals surface area (Å²) in [4.78, 5) is 27.9. The molecule has 1 amide bonds. The van der Waals surface area contributed by atoms with Crippen molar-refractivity contribution in [2.24, 2.45) is 0 Å². The maximum atomic E-state index is 13.3. The summed E-state index contributed by atoms with van der Waals surface area (Å²) in [5, 5.41) is 0.487. The summed E-state index contributed by atoms with van der Waals surface area (Å²) in [7, 11) is 1.59. The number of hydrogen-bond acceptors (Lipinski definition) is 4. The van der Waals surface area contributed by atoms with E-state index in [1.165, 1.54) is 0 Å². The molecule has 2 heterocycles. The third-order valence-electron chi connectivity index (χ3n) is 4.88. The molecule has 0 saturated carbocycles. The fraction of sp³-hybridized carbons (Fsp3) is 0.182. The van der Waals surface area contributed by atoms with Gasteiger partial charge in [0.15, 0.2) is 5.43 Å². The fourth-order valence-corrected chi connectivity index (χ4v) is 3.59. The Labute approximate surface area is 156 Å². The third kappa shape index (κ3) is 2.63. The molecule has 0 fully saturated rings. The third-order valence-corrected chi connectivity index (χ3v) is 4.88. The van der Waals surface area contributed by atoms with Crippen molar-refractivity contribution in [2.45, 2.75) is 13.0 Å². The van der Waals surface area contributed by atoms with E-state index in [2.05, 4.69) is 6.58 Å². The SMILES string of the molecule is C=CCN1C(=O)c2oc3ccc(C)cc3c(=O)c2[C@@H]1c1ccc(OC)cc1. The zero-order valence-electron chi connectivity index (χ0n) is 15.2. The molecule has 1 aliphatic heterocycles. The summed E-state index contributed by atoms with van der Waals surface area (Å²) in [6, 6.07) is 12.2. The van der Waals surface area contributed by atoms with Gasteiger partial charge in [-0.15, -0.1) is 6.58 Å². The van der Waals surface area contributed by atoms with Gasteiger partial charge in [0.25, 0.3) is 5.91 Å². The fourth-order valence-electron chi connectivity index (χ4n) is 3.59. The van der Waals surface area contributed by atoms with Crippen LogP contribution in [0.1, 0.15) is 33.3 Å². The number of carbonyl (C=O) groups is 1. The van der Waals surface area contributed by atoms with Gasteiger partial charge in [0.1, 0.15) is 11.3 Å². The number of amides is 1. The molecule has 0 aliphatic carbocycles. The first-order chi connectivity index (χ1) is 13.0. The summed E-state index contributed by atoms with van der Waals surface area (Å²) in [6.07, 6.45) is 1.65. The number of rotatable bonds is 4. The van der Waals surface area contributed by atoms with E-state index in [-0.39, 0.29) is 17.1 Å². The van der Waals surface area contributed by atoms with Crippen LogP contribution in [0.15, 0.2) is 64.3 Å². The molecular weight excluding hydrogens is 342 g/mol. The summed E-state index contributed by atoms with van der Waals surface area (Å²) >= 11 is 0. The minimum atomic E-state index is -0.516. The first-order valence-electron chi connectivity index (χ1n) is 8.68. The maximum absolute atomic E-state index is 13.3. The Hall–Kier alpha value is -3.34. The average Bonchev–Trinajstić information content (AvgIpc) is 2.95. The maximum Gasteiger partial charge on any atom is 0.291 e. The van der Waals surface area contributed by atoms with Crippen molar-refractivity contribution < 1.29 is 13.9 Å². The molecule has 27 heavy (non-hydrogen) atoms. The Morgan fingerprint density at radius 1 is 1.19 bits per heavy atom. The lowest BCUT2D eigenvalue weighted by Crippen LogP contribution is -2.29. The van der Waals surface area contributed by atoms with Crippen molar-refractivity contribution in [1.82, 2.24) is 4.90 Å². The van der Waals surface area contributed by atoms with Crippen LogP contribution in [0.5, 0.6) is 5.75 Å². The zero-order valence-corrected chi connectivity index (χ0v) is 15.2. The van der Waals surface area contributed by atoms with E-state index in [1.54, 1.807) is 30.2 Å². The molecule has 5 heteroatoms. The number of nitrogens with zero attached hydrogens (tertiary/aromatic N) is 1. The van der Waals surface area contributed by atoms with Gasteiger partial charge in [-0.1, -0.05) is 29.8 Å². The van der Waals surface area contributed by atoms with Crippen LogP contribution in [0.2, 0.25) is 0 Å². The van der Waals surface area contributed by atoms with Crippen LogP contribution < -0.4 is 10.2 Å². The molecule has 1 atom stereocenters. The van der Waals surface area contributed by atoms with Gasteiger partial charge < -0.3 is 14.1 Å². The van der Waals surface area contributed by atoms with E-state index < -0.39 is 6.04 Å². The first-order valence-corrected chi connectivity index (χ1v) is 8.68. The molecule has 4 rings (SSSR count). The zero-order chi connectivity index (χ0) is 19.1. The van der Waals surface area contributed by atoms with Gasteiger partial charge in [-0.05, 0) is 36.8 Å². The van der Waals surface area contributed by atoms with Gasteiger partial charge >= 0.3 is 0 Å². The molecule has 5 nitrogen and oxygen atoms in total. The van der Waals surface area contributed by atoms with Crippen molar-refractivity contribution in [1.29, 1.82) is 0 Å². The van der Waals surface area contributed by atoms with Crippen molar-refractivity contribution in [2.75, 3.05) is 13.7 Å². The lowest BCUT2D eigenvalue weighted by atomic mass is 9.98. The molecule has 2 aromatic carbocycles. The van der Waals surface area contributed by atoms with E-state index in [4.69, 9.17) is 9.15 Å². The number of aryl methyl sites for hydroxylation is 1. The predicted octanol–water partition coefficient (Wildman–Crippen LogP) is 3.84. The van der Waals surface area contributed by atoms with Gasteiger partial charge in [-0.25, -0.2) is 0 Å². The molecule has 0 radical (unpaired) electrons. The molecule has 0 unspecified atom stereocenters. The average molecular weight is 361 g/mol. The van der Waals surface area contributed by atoms with Gasteiger partial charge in [-0.2, -0.15) is 0 Å². The number of hydrogen-bond donors (Lipinski definition) is 0. The van der Waals surface area contributed by atoms with Gasteiger partial charge in [0.2, 0.25) is 5.76 Å². The number of ether oxygens (including phenoxy) is 1. The van der Waals surface area contributed by atoms with Crippen molar-refractivity contribution >= 4 is 16.9 Å². The van der Waals surface area contributed by atoms with Crippen LogP contribution in [0, 0.1) is 6.92 Å². The second kappa shape index (κ2) is 6.43. The highest BCUT2D eigenvalue weighted by Crippen LogP contribution is 2.38. The molecule has 1 aliphatic rings. The van der Waals surface area contributed by atoms with E-state index in [0.29, 0.717) is 28.8 Å². The Bertz CT molecular complexity index is 1110. The molecule has 0 N–H and O–H groups in total. The summed E-state index contributed by atoms with van der Waals surface area (Å²) in [5.41, 5.74) is 2.42. The monoisotopic (exact) mass is 361 g/mol. The number of methoxy groups -OCH3 is 1. The normalized spacial score (nSPS) is 15.9. The second-order valence-electron chi connectivity index (χ2n) is 6.60. The van der Waals surface area contributed by atoms with E-state index in [0.717, 1.165) is 11.1 Å². The lowest BCUT2D eigenvalue weighted by Gasteiger charge is -2.23. The molecule has 0 bridgehead atoms. The topological polar surface area (TPSA) is 59.8 Å². The molecule has 0 spiro atoms. The van der Waals surface area contributed by atoms with Gasteiger partial charge in [0.05, 0.1) is 24.1 Å². The van der Waals surface area contributed by atoms with Crippen molar-refractivity contribution in [3.8, 4) is 5.75 Å². The first kappa shape index (κ1) is 17.1. The van der Waals surface area contributed by atoms with E-state index in [9.17, 15) is 9.59 Å².